The number of hydrogen-bond acceptors (Lipinski definition) is 4. The lowest BCUT2D eigenvalue weighted by atomic mass is 10.1. The first-order valence-corrected chi connectivity index (χ1v) is 8.09. The maximum atomic E-state index is 11.8. The molecule has 1 aromatic carbocycles. The van der Waals surface area contributed by atoms with Gasteiger partial charge >= 0.3 is 0 Å². The third-order valence-electron chi connectivity index (χ3n) is 3.17. The number of benzene rings is 1. The number of H-pyrrole nitrogens is 1. The Hall–Kier alpha value is -2.08. The Kier molecular flexibility index (Phi) is 5.77. The zero-order valence-corrected chi connectivity index (χ0v) is 13.6. The van der Waals surface area contributed by atoms with E-state index in [4.69, 9.17) is 0 Å². The molecule has 0 aliphatic heterocycles. The van der Waals surface area contributed by atoms with Gasteiger partial charge in [0.15, 0.2) is 5.82 Å². The summed E-state index contributed by atoms with van der Waals surface area (Å²) < 4.78 is 0. The van der Waals surface area contributed by atoms with Crippen molar-refractivity contribution in [3.8, 4) is 11.4 Å². The van der Waals surface area contributed by atoms with Gasteiger partial charge in [0.1, 0.15) is 0 Å². The fourth-order valence-electron chi connectivity index (χ4n) is 1.85. The van der Waals surface area contributed by atoms with Crippen molar-refractivity contribution < 1.29 is 4.79 Å². The van der Waals surface area contributed by atoms with Crippen molar-refractivity contribution in [3.05, 3.63) is 42.5 Å². The molecule has 2 rings (SSSR count). The van der Waals surface area contributed by atoms with E-state index in [0.29, 0.717) is 17.5 Å². The van der Waals surface area contributed by atoms with Crippen molar-refractivity contribution in [2.24, 2.45) is 0 Å². The minimum Gasteiger partial charge on any atom is -0.352 e. The number of thioether (sulfide) groups is 1. The van der Waals surface area contributed by atoms with Gasteiger partial charge in [-0.1, -0.05) is 49.0 Å². The van der Waals surface area contributed by atoms with Crippen LogP contribution in [0.25, 0.3) is 11.4 Å². The number of carbonyl (C=O) groups is 1. The van der Waals surface area contributed by atoms with E-state index in [2.05, 4.69) is 46.1 Å². The van der Waals surface area contributed by atoms with Gasteiger partial charge in [0.25, 0.3) is 0 Å². The first kappa shape index (κ1) is 16.3. The number of amides is 1. The molecule has 2 aromatic rings. The van der Waals surface area contributed by atoms with Crippen LogP contribution >= 0.6 is 11.8 Å². The summed E-state index contributed by atoms with van der Waals surface area (Å²) in [5.74, 6) is 0.660. The quantitative estimate of drug-likeness (QED) is 0.609. The summed E-state index contributed by atoms with van der Waals surface area (Å²) in [5, 5.41) is 10.1. The third-order valence-corrected chi connectivity index (χ3v) is 4.13. The van der Waals surface area contributed by atoms with Crippen LogP contribution in [0.3, 0.4) is 0 Å². The predicted octanol–water partition coefficient (Wildman–Crippen LogP) is 2.82. The highest BCUT2D eigenvalue weighted by atomic mass is 32.2. The van der Waals surface area contributed by atoms with Crippen LogP contribution in [-0.4, -0.2) is 32.9 Å². The standard InChI is InChI=1S/C16H20N4OS/c1-4-10-17-15(21)11(3)22-16-18-14(19-20-16)13-8-6-12(5-2)7-9-13/h4,6-9,11H,1,5,10H2,2-3H3,(H,17,21)(H,18,19,20)/t11-/m0/s1. The third kappa shape index (κ3) is 4.21. The largest absolute Gasteiger partial charge is 0.352 e. The van der Waals surface area contributed by atoms with E-state index in [-0.39, 0.29) is 11.2 Å². The monoisotopic (exact) mass is 316 g/mol. The van der Waals surface area contributed by atoms with Gasteiger partial charge in [0.2, 0.25) is 11.1 Å². The molecule has 1 amide bonds. The molecule has 5 nitrogen and oxygen atoms in total. The summed E-state index contributed by atoms with van der Waals surface area (Å²) in [6, 6.07) is 8.20. The zero-order chi connectivity index (χ0) is 15.9. The molecule has 0 aliphatic rings. The van der Waals surface area contributed by atoms with Crippen LogP contribution < -0.4 is 5.32 Å². The first-order valence-electron chi connectivity index (χ1n) is 7.21. The van der Waals surface area contributed by atoms with Gasteiger partial charge in [-0.05, 0) is 18.9 Å². The van der Waals surface area contributed by atoms with Crippen molar-refractivity contribution in [1.82, 2.24) is 20.5 Å². The lowest BCUT2D eigenvalue weighted by Gasteiger charge is -2.07. The van der Waals surface area contributed by atoms with Gasteiger partial charge in [-0.2, -0.15) is 0 Å². The number of aromatic nitrogens is 3. The second-order valence-corrected chi connectivity index (χ2v) is 6.12. The van der Waals surface area contributed by atoms with E-state index in [1.54, 1.807) is 6.08 Å². The van der Waals surface area contributed by atoms with E-state index < -0.39 is 0 Å². The van der Waals surface area contributed by atoms with Gasteiger partial charge in [-0.15, -0.1) is 11.7 Å². The second-order valence-electron chi connectivity index (χ2n) is 4.81. The maximum Gasteiger partial charge on any atom is 0.233 e. The number of nitrogens with zero attached hydrogens (tertiary/aromatic N) is 2. The SMILES string of the molecule is C=CCNC(=O)[C@H](C)Sc1n[nH]c(-c2ccc(CC)cc2)n1. The summed E-state index contributed by atoms with van der Waals surface area (Å²) in [5.41, 5.74) is 2.27. The Morgan fingerprint density at radius 1 is 1.45 bits per heavy atom. The van der Waals surface area contributed by atoms with Crippen LogP contribution in [0, 0.1) is 0 Å². The van der Waals surface area contributed by atoms with Gasteiger partial charge in [-0.25, -0.2) is 4.98 Å². The van der Waals surface area contributed by atoms with Gasteiger partial charge < -0.3 is 5.32 Å². The molecule has 0 radical (unpaired) electrons. The summed E-state index contributed by atoms with van der Waals surface area (Å²) >= 11 is 1.33. The maximum absolute atomic E-state index is 11.8. The second kappa shape index (κ2) is 7.79. The van der Waals surface area contributed by atoms with Crippen molar-refractivity contribution in [3.63, 3.8) is 0 Å². The lowest BCUT2D eigenvalue weighted by Crippen LogP contribution is -2.30. The molecule has 0 unspecified atom stereocenters. The smallest absolute Gasteiger partial charge is 0.233 e. The summed E-state index contributed by atoms with van der Waals surface area (Å²) in [7, 11) is 0. The van der Waals surface area contributed by atoms with Crippen LogP contribution in [0.15, 0.2) is 42.1 Å². The molecular weight excluding hydrogens is 296 g/mol. The normalized spacial score (nSPS) is 11.9. The highest BCUT2D eigenvalue weighted by Gasteiger charge is 2.16. The minimum atomic E-state index is -0.258. The number of aryl methyl sites for hydroxylation is 1. The molecule has 1 atom stereocenters. The van der Waals surface area contributed by atoms with E-state index in [1.807, 2.05) is 19.1 Å². The molecule has 116 valence electrons. The Labute approximate surface area is 134 Å². The first-order chi connectivity index (χ1) is 10.6. The molecule has 0 saturated heterocycles. The zero-order valence-electron chi connectivity index (χ0n) is 12.8. The topological polar surface area (TPSA) is 70.7 Å². The summed E-state index contributed by atoms with van der Waals surface area (Å²) in [6.45, 7) is 7.99. The molecule has 1 heterocycles. The molecule has 0 aliphatic carbocycles. The van der Waals surface area contributed by atoms with Crippen LogP contribution in [0.2, 0.25) is 0 Å². The van der Waals surface area contributed by atoms with Crippen molar-refractivity contribution in [1.29, 1.82) is 0 Å². The average molecular weight is 316 g/mol. The van der Waals surface area contributed by atoms with E-state index in [1.165, 1.54) is 17.3 Å². The average Bonchev–Trinajstić information content (AvgIpc) is 3.01. The number of rotatable bonds is 7. The van der Waals surface area contributed by atoms with Gasteiger partial charge in [-0.3, -0.25) is 9.89 Å². The van der Waals surface area contributed by atoms with Crippen molar-refractivity contribution in [2.45, 2.75) is 30.7 Å². The van der Waals surface area contributed by atoms with E-state index >= 15 is 0 Å². The highest BCUT2D eigenvalue weighted by molar-refractivity contribution is 8.00. The van der Waals surface area contributed by atoms with Crippen LogP contribution in [0.5, 0.6) is 0 Å². The van der Waals surface area contributed by atoms with Gasteiger partial charge in [0, 0.05) is 12.1 Å². The Morgan fingerprint density at radius 2 is 2.18 bits per heavy atom. The van der Waals surface area contributed by atoms with E-state index in [9.17, 15) is 4.79 Å². The van der Waals surface area contributed by atoms with Crippen molar-refractivity contribution in [2.75, 3.05) is 6.54 Å². The Morgan fingerprint density at radius 3 is 2.82 bits per heavy atom. The van der Waals surface area contributed by atoms with E-state index in [0.717, 1.165) is 12.0 Å². The predicted molar refractivity (Wildman–Crippen MR) is 89.7 cm³/mol. The Balaban J connectivity index is 2.01. The number of carbonyl (C=O) groups excluding carboxylic acids is 1. The highest BCUT2D eigenvalue weighted by Crippen LogP contribution is 2.23. The Bertz CT molecular complexity index is 636. The van der Waals surface area contributed by atoms with Gasteiger partial charge in [0.05, 0.1) is 5.25 Å². The fraction of sp³-hybridized carbons (Fsp3) is 0.312. The molecule has 0 saturated carbocycles. The molecule has 0 bridgehead atoms. The van der Waals surface area contributed by atoms with Crippen LogP contribution in [-0.2, 0) is 11.2 Å². The summed E-state index contributed by atoms with van der Waals surface area (Å²) in [6.07, 6.45) is 2.66. The molecule has 22 heavy (non-hydrogen) atoms. The number of hydrogen-bond donors (Lipinski definition) is 2. The number of nitrogens with one attached hydrogen (secondary N) is 2. The molecule has 6 heteroatoms. The lowest BCUT2D eigenvalue weighted by molar-refractivity contribution is -0.120. The molecule has 0 fully saturated rings. The molecule has 1 aromatic heterocycles. The van der Waals surface area contributed by atoms with Crippen molar-refractivity contribution >= 4 is 17.7 Å². The number of aromatic amines is 1. The summed E-state index contributed by atoms with van der Waals surface area (Å²) in [4.78, 5) is 16.2. The molecular formula is C16H20N4OS. The van der Waals surface area contributed by atoms with Crippen LogP contribution in [0.4, 0.5) is 0 Å². The fourth-order valence-corrected chi connectivity index (χ4v) is 2.60. The van der Waals surface area contributed by atoms with Crippen LogP contribution in [0.1, 0.15) is 19.4 Å². The molecule has 0 spiro atoms. The minimum absolute atomic E-state index is 0.0523. The molecule has 2 N–H and O–H groups in total.